The van der Waals surface area contributed by atoms with Gasteiger partial charge in [0.05, 0.1) is 4.90 Å². The Kier molecular flexibility index (Phi) is 4.39. The lowest BCUT2D eigenvalue weighted by Crippen LogP contribution is -2.26. The molecule has 0 saturated heterocycles. The summed E-state index contributed by atoms with van der Waals surface area (Å²) in [6, 6.07) is 15.7. The number of rotatable bonds is 4. The van der Waals surface area contributed by atoms with Crippen LogP contribution >= 0.6 is 15.9 Å². The highest BCUT2D eigenvalue weighted by Gasteiger charge is 2.17. The molecule has 0 heterocycles. The Morgan fingerprint density at radius 3 is 2.37 bits per heavy atom. The highest BCUT2D eigenvalue weighted by Crippen LogP contribution is 2.20. The van der Waals surface area contributed by atoms with Gasteiger partial charge >= 0.3 is 0 Å². The topological polar surface area (TPSA) is 46.2 Å². The minimum Gasteiger partial charge on any atom is -0.207 e. The van der Waals surface area contributed by atoms with E-state index in [1.165, 1.54) is 0 Å². The standard InChI is InChI=1S/C14H14BrNO2S/c1-11(12-6-5-7-13(15)10-12)16-19(17,18)14-8-3-2-4-9-14/h2-11,16H,1H3. The van der Waals surface area contributed by atoms with Gasteiger partial charge in [-0.05, 0) is 36.8 Å². The molecule has 19 heavy (non-hydrogen) atoms. The van der Waals surface area contributed by atoms with Crippen molar-refractivity contribution in [2.24, 2.45) is 0 Å². The predicted molar refractivity (Wildman–Crippen MR) is 79.3 cm³/mol. The second-order valence-electron chi connectivity index (χ2n) is 4.21. The van der Waals surface area contributed by atoms with E-state index in [1.807, 2.05) is 31.2 Å². The van der Waals surface area contributed by atoms with Gasteiger partial charge in [0, 0.05) is 10.5 Å². The third kappa shape index (κ3) is 3.65. The Balaban J connectivity index is 2.22. The average molecular weight is 340 g/mol. The van der Waals surface area contributed by atoms with E-state index in [4.69, 9.17) is 0 Å². The average Bonchev–Trinajstić information content (AvgIpc) is 2.39. The van der Waals surface area contributed by atoms with E-state index in [0.717, 1.165) is 10.0 Å². The van der Waals surface area contributed by atoms with Crippen LogP contribution in [0.5, 0.6) is 0 Å². The fourth-order valence-electron chi connectivity index (χ4n) is 1.74. The Morgan fingerprint density at radius 1 is 1.05 bits per heavy atom. The molecule has 2 aromatic rings. The Hall–Kier alpha value is -1.17. The van der Waals surface area contributed by atoms with E-state index in [2.05, 4.69) is 20.7 Å². The van der Waals surface area contributed by atoms with Crippen molar-refractivity contribution in [3.63, 3.8) is 0 Å². The van der Waals surface area contributed by atoms with Crippen LogP contribution < -0.4 is 4.72 Å². The molecule has 2 rings (SSSR count). The molecular weight excluding hydrogens is 326 g/mol. The molecule has 100 valence electrons. The molecule has 0 aliphatic heterocycles. The van der Waals surface area contributed by atoms with Crippen LogP contribution in [-0.4, -0.2) is 8.42 Å². The molecule has 3 nitrogen and oxygen atoms in total. The smallest absolute Gasteiger partial charge is 0.207 e. The summed E-state index contributed by atoms with van der Waals surface area (Å²) < 4.78 is 28.0. The zero-order valence-corrected chi connectivity index (χ0v) is 12.8. The van der Waals surface area contributed by atoms with Crippen LogP contribution in [0.4, 0.5) is 0 Å². The summed E-state index contributed by atoms with van der Waals surface area (Å²) in [6.45, 7) is 1.82. The van der Waals surface area contributed by atoms with Gasteiger partial charge in [0.2, 0.25) is 10.0 Å². The van der Waals surface area contributed by atoms with Crippen molar-refractivity contribution in [1.82, 2.24) is 4.72 Å². The summed E-state index contributed by atoms with van der Waals surface area (Å²) in [7, 11) is -3.49. The van der Waals surface area contributed by atoms with Gasteiger partial charge in [0.15, 0.2) is 0 Å². The minimum atomic E-state index is -3.49. The molecule has 5 heteroatoms. The number of halogens is 1. The summed E-state index contributed by atoms with van der Waals surface area (Å²) in [5.41, 5.74) is 0.911. The largest absolute Gasteiger partial charge is 0.241 e. The van der Waals surface area contributed by atoms with Crippen LogP contribution in [0.3, 0.4) is 0 Å². The fraction of sp³-hybridized carbons (Fsp3) is 0.143. The van der Waals surface area contributed by atoms with E-state index >= 15 is 0 Å². The van der Waals surface area contributed by atoms with Crippen molar-refractivity contribution in [3.05, 3.63) is 64.6 Å². The van der Waals surface area contributed by atoms with Crippen molar-refractivity contribution in [2.75, 3.05) is 0 Å². The zero-order valence-electron chi connectivity index (χ0n) is 10.4. The SMILES string of the molecule is CC(NS(=O)(=O)c1ccccc1)c1cccc(Br)c1. The second kappa shape index (κ2) is 5.86. The first-order valence-electron chi connectivity index (χ1n) is 5.82. The zero-order chi connectivity index (χ0) is 13.9. The molecule has 0 bridgehead atoms. The number of nitrogens with one attached hydrogen (secondary N) is 1. The lowest BCUT2D eigenvalue weighted by molar-refractivity contribution is 0.567. The summed E-state index contributed by atoms with van der Waals surface area (Å²) in [5, 5.41) is 0. The third-order valence-corrected chi connectivity index (χ3v) is 4.78. The quantitative estimate of drug-likeness (QED) is 0.926. The third-order valence-electron chi connectivity index (χ3n) is 2.73. The maximum Gasteiger partial charge on any atom is 0.241 e. The number of hydrogen-bond acceptors (Lipinski definition) is 2. The summed E-state index contributed by atoms with van der Waals surface area (Å²) in [6.07, 6.45) is 0. The van der Waals surface area contributed by atoms with Crippen molar-refractivity contribution < 1.29 is 8.42 Å². The number of hydrogen-bond donors (Lipinski definition) is 1. The van der Waals surface area contributed by atoms with E-state index in [-0.39, 0.29) is 10.9 Å². The van der Waals surface area contributed by atoms with Crippen LogP contribution in [0.1, 0.15) is 18.5 Å². The molecule has 1 atom stereocenters. The predicted octanol–water partition coefficient (Wildman–Crippen LogP) is 3.49. The summed E-state index contributed by atoms with van der Waals surface area (Å²) >= 11 is 3.38. The molecule has 1 N–H and O–H groups in total. The molecule has 0 radical (unpaired) electrons. The molecule has 0 aliphatic carbocycles. The maximum atomic E-state index is 12.2. The summed E-state index contributed by atoms with van der Waals surface area (Å²) in [4.78, 5) is 0.275. The van der Waals surface area contributed by atoms with Crippen LogP contribution in [0.15, 0.2) is 64.0 Å². The first kappa shape index (κ1) is 14.2. The molecule has 0 aliphatic rings. The molecule has 2 aromatic carbocycles. The van der Waals surface area contributed by atoms with Crippen LogP contribution in [0.2, 0.25) is 0 Å². The number of benzene rings is 2. The van der Waals surface area contributed by atoms with Gasteiger partial charge in [-0.2, -0.15) is 0 Å². The first-order chi connectivity index (χ1) is 8.99. The van der Waals surface area contributed by atoms with E-state index in [0.29, 0.717) is 0 Å². The van der Waals surface area contributed by atoms with Gasteiger partial charge in [0.1, 0.15) is 0 Å². The van der Waals surface area contributed by atoms with Gasteiger partial charge in [-0.3, -0.25) is 0 Å². The molecule has 1 unspecified atom stereocenters. The van der Waals surface area contributed by atoms with Gasteiger partial charge in [-0.15, -0.1) is 0 Å². The number of sulfonamides is 1. The summed E-state index contributed by atoms with van der Waals surface area (Å²) in [5.74, 6) is 0. The van der Waals surface area contributed by atoms with E-state index < -0.39 is 10.0 Å². The van der Waals surface area contributed by atoms with Crippen molar-refractivity contribution in [2.45, 2.75) is 17.9 Å². The van der Waals surface area contributed by atoms with Crippen molar-refractivity contribution >= 4 is 26.0 Å². The molecule has 0 fully saturated rings. The second-order valence-corrected chi connectivity index (χ2v) is 6.84. The first-order valence-corrected chi connectivity index (χ1v) is 8.09. The highest BCUT2D eigenvalue weighted by molar-refractivity contribution is 9.10. The van der Waals surface area contributed by atoms with Gasteiger partial charge in [-0.25, -0.2) is 13.1 Å². The van der Waals surface area contributed by atoms with Crippen LogP contribution in [-0.2, 0) is 10.0 Å². The van der Waals surface area contributed by atoms with Crippen LogP contribution in [0.25, 0.3) is 0 Å². The Morgan fingerprint density at radius 2 is 1.74 bits per heavy atom. The van der Waals surface area contributed by atoms with Crippen molar-refractivity contribution in [3.8, 4) is 0 Å². The highest BCUT2D eigenvalue weighted by atomic mass is 79.9. The van der Waals surface area contributed by atoms with Gasteiger partial charge in [0.25, 0.3) is 0 Å². The minimum absolute atomic E-state index is 0.275. The molecule has 0 aromatic heterocycles. The lowest BCUT2D eigenvalue weighted by Gasteiger charge is -2.15. The lowest BCUT2D eigenvalue weighted by atomic mass is 10.1. The van der Waals surface area contributed by atoms with Crippen LogP contribution in [0, 0.1) is 0 Å². The Bertz CT molecular complexity index is 656. The Labute approximate surface area is 121 Å². The maximum absolute atomic E-state index is 12.2. The molecule has 0 saturated carbocycles. The molecule has 0 spiro atoms. The van der Waals surface area contributed by atoms with Crippen molar-refractivity contribution in [1.29, 1.82) is 0 Å². The fourth-order valence-corrected chi connectivity index (χ4v) is 3.41. The van der Waals surface area contributed by atoms with E-state index in [1.54, 1.807) is 30.3 Å². The molecular formula is C14H14BrNO2S. The molecule has 0 amide bonds. The van der Waals surface area contributed by atoms with Gasteiger partial charge in [-0.1, -0.05) is 46.3 Å². The monoisotopic (exact) mass is 339 g/mol. The van der Waals surface area contributed by atoms with Gasteiger partial charge < -0.3 is 0 Å². The van der Waals surface area contributed by atoms with E-state index in [9.17, 15) is 8.42 Å². The normalized spacial score (nSPS) is 13.2.